The van der Waals surface area contributed by atoms with Crippen LogP contribution < -0.4 is 0 Å². The van der Waals surface area contributed by atoms with Crippen molar-refractivity contribution in [2.45, 2.75) is 5.92 Å². The van der Waals surface area contributed by atoms with Crippen LogP contribution in [0.4, 0.5) is 0 Å². The molecule has 0 bridgehead atoms. The molecule has 0 saturated heterocycles. The van der Waals surface area contributed by atoms with E-state index >= 15 is 0 Å². The maximum Gasteiger partial charge on any atom is 0.245 e. The van der Waals surface area contributed by atoms with E-state index in [0.717, 1.165) is 4.47 Å². The first-order valence-corrected chi connectivity index (χ1v) is 5.07. The highest BCUT2D eigenvalue weighted by atomic mass is 79.9. The first-order chi connectivity index (χ1) is 7.06. The normalized spacial score (nSPS) is 11.6. The SMILES string of the molecule is CN(C)C(=O)C(C#N)c1cc(Br)ccn1. The summed E-state index contributed by atoms with van der Waals surface area (Å²) in [4.78, 5) is 17.0. The molecule has 0 aliphatic carbocycles. The molecule has 1 aromatic rings. The van der Waals surface area contributed by atoms with Gasteiger partial charge in [0.25, 0.3) is 0 Å². The second kappa shape index (κ2) is 4.89. The van der Waals surface area contributed by atoms with Gasteiger partial charge in [0, 0.05) is 24.8 Å². The molecule has 78 valence electrons. The van der Waals surface area contributed by atoms with Crippen LogP contribution in [0, 0.1) is 11.3 Å². The lowest BCUT2D eigenvalue weighted by atomic mass is 10.1. The van der Waals surface area contributed by atoms with Crippen LogP contribution in [0.25, 0.3) is 0 Å². The predicted octanol–water partition coefficient (Wildman–Crippen LogP) is 1.54. The third-order valence-electron chi connectivity index (χ3n) is 1.86. The number of nitriles is 1. The monoisotopic (exact) mass is 267 g/mol. The first kappa shape index (κ1) is 11.7. The van der Waals surface area contributed by atoms with E-state index in [9.17, 15) is 4.79 Å². The Morgan fingerprint density at radius 3 is 2.80 bits per heavy atom. The lowest BCUT2D eigenvalue weighted by Crippen LogP contribution is -2.27. The molecule has 0 spiro atoms. The van der Waals surface area contributed by atoms with Gasteiger partial charge in [-0.1, -0.05) is 15.9 Å². The zero-order valence-corrected chi connectivity index (χ0v) is 10.0. The molecule has 0 saturated carbocycles. The summed E-state index contributed by atoms with van der Waals surface area (Å²) in [7, 11) is 3.23. The fourth-order valence-electron chi connectivity index (χ4n) is 1.09. The summed E-state index contributed by atoms with van der Waals surface area (Å²) in [6.45, 7) is 0. The highest BCUT2D eigenvalue weighted by Gasteiger charge is 2.23. The van der Waals surface area contributed by atoms with Crippen LogP contribution in [0.15, 0.2) is 22.8 Å². The molecule has 0 aliphatic heterocycles. The van der Waals surface area contributed by atoms with Crippen LogP contribution in [-0.2, 0) is 4.79 Å². The van der Waals surface area contributed by atoms with Crippen molar-refractivity contribution in [2.24, 2.45) is 0 Å². The van der Waals surface area contributed by atoms with Gasteiger partial charge in [0.15, 0.2) is 5.92 Å². The maximum absolute atomic E-state index is 11.6. The van der Waals surface area contributed by atoms with Crippen molar-refractivity contribution in [1.82, 2.24) is 9.88 Å². The summed E-state index contributed by atoms with van der Waals surface area (Å²) in [6.07, 6.45) is 1.56. The Morgan fingerprint density at radius 1 is 1.67 bits per heavy atom. The van der Waals surface area contributed by atoms with Crippen LogP contribution in [0.2, 0.25) is 0 Å². The number of nitrogens with zero attached hydrogens (tertiary/aromatic N) is 3. The van der Waals surface area contributed by atoms with Gasteiger partial charge >= 0.3 is 0 Å². The van der Waals surface area contributed by atoms with E-state index in [4.69, 9.17) is 5.26 Å². The molecule has 1 rings (SSSR count). The van der Waals surface area contributed by atoms with Gasteiger partial charge in [0.1, 0.15) is 0 Å². The fraction of sp³-hybridized carbons (Fsp3) is 0.300. The Kier molecular flexibility index (Phi) is 3.81. The quantitative estimate of drug-likeness (QED) is 0.817. The van der Waals surface area contributed by atoms with Crippen LogP contribution >= 0.6 is 15.9 Å². The summed E-state index contributed by atoms with van der Waals surface area (Å²) in [5.74, 6) is -1.10. The van der Waals surface area contributed by atoms with E-state index in [1.807, 2.05) is 6.07 Å². The number of aromatic nitrogens is 1. The van der Waals surface area contributed by atoms with E-state index in [-0.39, 0.29) is 5.91 Å². The minimum atomic E-state index is -0.836. The number of pyridine rings is 1. The van der Waals surface area contributed by atoms with Crippen LogP contribution in [-0.4, -0.2) is 29.9 Å². The summed E-state index contributed by atoms with van der Waals surface area (Å²) < 4.78 is 0.805. The highest BCUT2D eigenvalue weighted by Crippen LogP contribution is 2.18. The molecule has 1 unspecified atom stereocenters. The van der Waals surface area contributed by atoms with Gasteiger partial charge < -0.3 is 4.90 Å². The van der Waals surface area contributed by atoms with Crippen molar-refractivity contribution in [3.8, 4) is 6.07 Å². The van der Waals surface area contributed by atoms with Crippen LogP contribution in [0.3, 0.4) is 0 Å². The molecule has 1 heterocycles. The van der Waals surface area contributed by atoms with Crippen LogP contribution in [0.5, 0.6) is 0 Å². The maximum atomic E-state index is 11.6. The van der Waals surface area contributed by atoms with Crippen molar-refractivity contribution >= 4 is 21.8 Å². The minimum absolute atomic E-state index is 0.261. The number of halogens is 1. The minimum Gasteiger partial charge on any atom is -0.347 e. The van der Waals surface area contributed by atoms with Gasteiger partial charge in [0.05, 0.1) is 11.8 Å². The molecule has 5 heteroatoms. The zero-order chi connectivity index (χ0) is 11.4. The Hall–Kier alpha value is -1.41. The Morgan fingerprint density at radius 2 is 2.33 bits per heavy atom. The topological polar surface area (TPSA) is 57.0 Å². The van der Waals surface area contributed by atoms with Crippen molar-refractivity contribution in [3.63, 3.8) is 0 Å². The Balaban J connectivity index is 3.04. The van der Waals surface area contributed by atoms with Crippen LogP contribution in [0.1, 0.15) is 11.6 Å². The second-order valence-electron chi connectivity index (χ2n) is 3.19. The fourth-order valence-corrected chi connectivity index (χ4v) is 1.44. The lowest BCUT2D eigenvalue weighted by molar-refractivity contribution is -0.129. The summed E-state index contributed by atoms with van der Waals surface area (Å²) in [6, 6.07) is 5.38. The van der Waals surface area contributed by atoms with E-state index < -0.39 is 5.92 Å². The smallest absolute Gasteiger partial charge is 0.245 e. The summed E-state index contributed by atoms with van der Waals surface area (Å²) >= 11 is 3.27. The molecule has 1 amide bonds. The number of likely N-dealkylation sites (N-methyl/N-ethyl adjacent to an activating group) is 1. The average Bonchev–Trinajstić information content (AvgIpc) is 2.18. The highest BCUT2D eigenvalue weighted by molar-refractivity contribution is 9.10. The number of amides is 1. The average molecular weight is 268 g/mol. The van der Waals surface area contributed by atoms with E-state index in [2.05, 4.69) is 20.9 Å². The number of hydrogen-bond acceptors (Lipinski definition) is 3. The van der Waals surface area contributed by atoms with Gasteiger partial charge in [-0.3, -0.25) is 9.78 Å². The largest absolute Gasteiger partial charge is 0.347 e. The molecule has 4 nitrogen and oxygen atoms in total. The van der Waals surface area contributed by atoms with Gasteiger partial charge in [-0.25, -0.2) is 0 Å². The van der Waals surface area contributed by atoms with Gasteiger partial charge in [-0.15, -0.1) is 0 Å². The Bertz CT molecular complexity index is 411. The van der Waals surface area contributed by atoms with Crippen molar-refractivity contribution in [3.05, 3.63) is 28.5 Å². The zero-order valence-electron chi connectivity index (χ0n) is 8.44. The number of hydrogen-bond donors (Lipinski definition) is 0. The molecule has 1 atom stereocenters. The van der Waals surface area contributed by atoms with Gasteiger partial charge in [0.2, 0.25) is 5.91 Å². The summed E-state index contributed by atoms with van der Waals surface area (Å²) in [5, 5.41) is 8.94. The van der Waals surface area contributed by atoms with Crippen molar-refractivity contribution in [1.29, 1.82) is 5.26 Å². The standard InChI is InChI=1S/C10H10BrN3O/c1-14(2)10(15)8(6-12)9-5-7(11)3-4-13-9/h3-5,8H,1-2H3. The van der Waals surface area contributed by atoms with Gasteiger partial charge in [-0.2, -0.15) is 5.26 Å². The number of carbonyl (C=O) groups excluding carboxylic acids is 1. The van der Waals surface area contributed by atoms with Gasteiger partial charge in [-0.05, 0) is 12.1 Å². The molecule has 0 aliphatic rings. The molecule has 1 aromatic heterocycles. The third-order valence-corrected chi connectivity index (χ3v) is 2.35. The molecule has 0 aromatic carbocycles. The van der Waals surface area contributed by atoms with E-state index in [1.54, 1.807) is 32.4 Å². The molecular weight excluding hydrogens is 258 g/mol. The first-order valence-electron chi connectivity index (χ1n) is 4.28. The van der Waals surface area contributed by atoms with E-state index in [0.29, 0.717) is 5.69 Å². The number of rotatable bonds is 2. The second-order valence-corrected chi connectivity index (χ2v) is 4.11. The van der Waals surface area contributed by atoms with E-state index in [1.165, 1.54) is 4.90 Å². The van der Waals surface area contributed by atoms with Crippen molar-refractivity contribution in [2.75, 3.05) is 14.1 Å². The molecule has 0 N–H and O–H groups in total. The predicted molar refractivity (Wildman–Crippen MR) is 59.0 cm³/mol. The third kappa shape index (κ3) is 2.77. The molecule has 0 fully saturated rings. The molecular formula is C10H10BrN3O. The number of carbonyl (C=O) groups is 1. The van der Waals surface area contributed by atoms with Crippen molar-refractivity contribution < 1.29 is 4.79 Å². The Labute approximate surface area is 96.7 Å². The molecule has 15 heavy (non-hydrogen) atoms. The lowest BCUT2D eigenvalue weighted by Gasteiger charge is -2.14. The summed E-state index contributed by atoms with van der Waals surface area (Å²) in [5.41, 5.74) is 0.463. The molecule has 0 radical (unpaired) electrons.